The van der Waals surface area contributed by atoms with Gasteiger partial charge in [0.05, 0.1) is 0 Å². The number of hydrogen-bond acceptors (Lipinski definition) is 2. The minimum atomic E-state index is 0.598. The number of halogens is 2. The highest BCUT2D eigenvalue weighted by Crippen LogP contribution is 2.27. The van der Waals surface area contributed by atoms with E-state index in [0.717, 1.165) is 16.6 Å². The molecule has 3 nitrogen and oxygen atoms in total. The van der Waals surface area contributed by atoms with Crippen LogP contribution in [0.2, 0.25) is 10.0 Å². The van der Waals surface area contributed by atoms with Gasteiger partial charge in [0.2, 0.25) is 0 Å². The van der Waals surface area contributed by atoms with E-state index in [1.807, 2.05) is 18.2 Å². The fourth-order valence-electron chi connectivity index (χ4n) is 1.65. The van der Waals surface area contributed by atoms with Crippen LogP contribution in [-0.2, 0) is 0 Å². The zero-order valence-electron chi connectivity index (χ0n) is 8.54. The molecule has 2 aromatic heterocycles. The molecule has 17 heavy (non-hydrogen) atoms. The van der Waals surface area contributed by atoms with Crippen LogP contribution in [0, 0.1) is 6.33 Å². The van der Waals surface area contributed by atoms with Crippen molar-refractivity contribution >= 4 is 34.4 Å². The summed E-state index contributed by atoms with van der Waals surface area (Å²) >= 11 is 11.9. The van der Waals surface area contributed by atoms with Crippen molar-refractivity contribution in [2.45, 2.75) is 0 Å². The molecule has 3 aromatic rings. The monoisotopic (exact) mass is 262 g/mol. The van der Waals surface area contributed by atoms with Gasteiger partial charge < -0.3 is 4.98 Å². The van der Waals surface area contributed by atoms with Crippen molar-refractivity contribution in [3.8, 4) is 11.1 Å². The maximum Gasteiger partial charge on any atom is 0.175 e. The number of benzene rings is 1. The molecule has 0 saturated carbocycles. The first kappa shape index (κ1) is 10.6. The lowest BCUT2D eigenvalue weighted by atomic mass is 10.1. The number of imidazole rings is 1. The van der Waals surface area contributed by atoms with Crippen LogP contribution >= 0.6 is 23.2 Å². The lowest BCUT2D eigenvalue weighted by molar-refractivity contribution is 1.29. The molecule has 3 rings (SSSR count). The fourth-order valence-corrected chi connectivity index (χ4v) is 2.18. The second kappa shape index (κ2) is 4.02. The predicted octanol–water partition coefficient (Wildman–Crippen LogP) is 3.73. The van der Waals surface area contributed by atoms with Crippen LogP contribution in [0.4, 0.5) is 0 Å². The summed E-state index contributed by atoms with van der Waals surface area (Å²) in [6.07, 6.45) is 4.40. The Hall–Kier alpha value is -1.58. The first-order chi connectivity index (χ1) is 8.22. The van der Waals surface area contributed by atoms with E-state index in [0.29, 0.717) is 15.7 Å². The Morgan fingerprint density at radius 3 is 2.53 bits per heavy atom. The molecule has 0 aliphatic rings. The van der Waals surface area contributed by atoms with Crippen molar-refractivity contribution in [3.63, 3.8) is 0 Å². The van der Waals surface area contributed by atoms with Crippen molar-refractivity contribution in [2.24, 2.45) is 0 Å². The molecule has 2 heterocycles. The van der Waals surface area contributed by atoms with Gasteiger partial charge in [0.15, 0.2) is 12.0 Å². The summed E-state index contributed by atoms with van der Waals surface area (Å²) < 4.78 is 0. The Bertz CT molecular complexity index is 671. The molecule has 0 spiro atoms. The van der Waals surface area contributed by atoms with Crippen molar-refractivity contribution < 1.29 is 0 Å². The summed E-state index contributed by atoms with van der Waals surface area (Å²) in [5, 5.41) is 1.20. The summed E-state index contributed by atoms with van der Waals surface area (Å²) in [5.41, 5.74) is 3.31. The van der Waals surface area contributed by atoms with Crippen molar-refractivity contribution in [2.75, 3.05) is 0 Å². The van der Waals surface area contributed by atoms with Gasteiger partial charge in [0.25, 0.3) is 0 Å². The first-order valence-electron chi connectivity index (χ1n) is 4.91. The molecule has 1 aromatic carbocycles. The molecule has 1 N–H and O–H groups in total. The lowest BCUT2D eigenvalue weighted by Crippen LogP contribution is -1.82. The third-order valence-electron chi connectivity index (χ3n) is 2.41. The van der Waals surface area contributed by atoms with Gasteiger partial charge in [-0.25, -0.2) is 9.97 Å². The largest absolute Gasteiger partial charge is 0.320 e. The van der Waals surface area contributed by atoms with E-state index in [9.17, 15) is 0 Å². The molecule has 0 atom stereocenters. The first-order valence-corrected chi connectivity index (χ1v) is 5.66. The van der Waals surface area contributed by atoms with Gasteiger partial charge in [-0.05, 0) is 29.8 Å². The van der Waals surface area contributed by atoms with Crippen molar-refractivity contribution in [1.82, 2.24) is 15.0 Å². The molecule has 0 unspecified atom stereocenters. The molecule has 0 amide bonds. The Labute approximate surface area is 107 Å². The molecule has 0 fully saturated rings. The summed E-state index contributed by atoms with van der Waals surface area (Å²) in [6, 6.07) is 7.29. The number of nitrogens with zero attached hydrogens (tertiary/aromatic N) is 2. The molecule has 0 aliphatic heterocycles. The number of fused-ring (bicyclic) bond motifs is 1. The highest BCUT2D eigenvalue weighted by atomic mass is 35.5. The SMILES string of the molecule is Clc1cc(Cl)cc(-c2cnc3[nH][c]nc3c2)c1. The third-order valence-corrected chi connectivity index (χ3v) is 2.85. The van der Waals surface area contributed by atoms with Gasteiger partial charge in [0, 0.05) is 21.8 Å². The Balaban J connectivity index is 2.19. The molecule has 5 heteroatoms. The number of pyridine rings is 1. The average molecular weight is 263 g/mol. The average Bonchev–Trinajstić information content (AvgIpc) is 2.74. The van der Waals surface area contributed by atoms with Gasteiger partial charge in [-0.3, -0.25) is 0 Å². The second-order valence-electron chi connectivity index (χ2n) is 3.60. The highest BCUT2D eigenvalue weighted by Gasteiger charge is 2.04. The van der Waals surface area contributed by atoms with Gasteiger partial charge in [0.1, 0.15) is 5.52 Å². The summed E-state index contributed by atoms with van der Waals surface area (Å²) in [7, 11) is 0. The van der Waals surface area contributed by atoms with Crippen LogP contribution in [0.5, 0.6) is 0 Å². The Morgan fingerprint density at radius 1 is 1.00 bits per heavy atom. The second-order valence-corrected chi connectivity index (χ2v) is 4.47. The highest BCUT2D eigenvalue weighted by molar-refractivity contribution is 6.35. The number of aromatic amines is 1. The van der Waals surface area contributed by atoms with E-state index in [4.69, 9.17) is 23.2 Å². The molecule has 0 saturated heterocycles. The van der Waals surface area contributed by atoms with Crippen LogP contribution in [0.15, 0.2) is 30.5 Å². The van der Waals surface area contributed by atoms with E-state index in [2.05, 4.69) is 21.3 Å². The normalized spacial score (nSPS) is 10.9. The minimum Gasteiger partial charge on any atom is -0.320 e. The van der Waals surface area contributed by atoms with E-state index in [1.165, 1.54) is 0 Å². The zero-order valence-corrected chi connectivity index (χ0v) is 10.0. The fraction of sp³-hybridized carbons (Fsp3) is 0. The van der Waals surface area contributed by atoms with Crippen LogP contribution in [-0.4, -0.2) is 15.0 Å². The maximum atomic E-state index is 5.96. The predicted molar refractivity (Wildman–Crippen MR) is 68.2 cm³/mol. The van der Waals surface area contributed by atoms with Crippen LogP contribution in [0.25, 0.3) is 22.3 Å². The van der Waals surface area contributed by atoms with Gasteiger partial charge in [-0.2, -0.15) is 0 Å². The Kier molecular flexibility index (Phi) is 2.50. The number of H-pyrrole nitrogens is 1. The standard InChI is InChI=1S/C12H6Cl2N3/c13-9-1-7(2-10(14)4-9)8-3-11-12(15-5-8)17-6-16-11/h1-5H,(H,15,16,17). The smallest absolute Gasteiger partial charge is 0.175 e. The van der Waals surface area contributed by atoms with Gasteiger partial charge >= 0.3 is 0 Å². The van der Waals surface area contributed by atoms with Crippen LogP contribution in [0.3, 0.4) is 0 Å². The number of hydrogen-bond donors (Lipinski definition) is 1. The quantitative estimate of drug-likeness (QED) is 0.726. The van der Waals surface area contributed by atoms with E-state index >= 15 is 0 Å². The summed E-state index contributed by atoms with van der Waals surface area (Å²) in [5.74, 6) is 0. The zero-order chi connectivity index (χ0) is 11.8. The summed E-state index contributed by atoms with van der Waals surface area (Å²) in [6.45, 7) is 0. The topological polar surface area (TPSA) is 41.6 Å². The number of nitrogens with one attached hydrogen (secondary N) is 1. The van der Waals surface area contributed by atoms with Gasteiger partial charge in [-0.15, -0.1) is 0 Å². The van der Waals surface area contributed by atoms with Gasteiger partial charge in [-0.1, -0.05) is 23.2 Å². The molecule has 0 aliphatic carbocycles. The number of aromatic nitrogens is 3. The van der Waals surface area contributed by atoms with E-state index in [1.54, 1.807) is 12.3 Å². The lowest BCUT2D eigenvalue weighted by Gasteiger charge is -2.02. The maximum absolute atomic E-state index is 5.96. The summed E-state index contributed by atoms with van der Waals surface area (Å²) in [4.78, 5) is 11.1. The van der Waals surface area contributed by atoms with Crippen molar-refractivity contribution in [1.29, 1.82) is 0 Å². The molecule has 0 bridgehead atoms. The molecule has 1 radical (unpaired) electrons. The van der Waals surface area contributed by atoms with Crippen molar-refractivity contribution in [3.05, 3.63) is 46.8 Å². The molecular weight excluding hydrogens is 257 g/mol. The third kappa shape index (κ3) is 1.99. The molecular formula is C12H6Cl2N3. The van der Waals surface area contributed by atoms with Crippen LogP contribution in [0.1, 0.15) is 0 Å². The number of rotatable bonds is 1. The van der Waals surface area contributed by atoms with E-state index < -0.39 is 0 Å². The Morgan fingerprint density at radius 2 is 1.76 bits per heavy atom. The van der Waals surface area contributed by atoms with E-state index in [-0.39, 0.29) is 0 Å². The van der Waals surface area contributed by atoms with Crippen LogP contribution < -0.4 is 0 Å². The minimum absolute atomic E-state index is 0.598. The molecule has 83 valence electrons.